The third-order valence-electron chi connectivity index (χ3n) is 11.0. The van der Waals surface area contributed by atoms with Crippen molar-refractivity contribution in [1.82, 2.24) is 0 Å². The second-order valence-corrected chi connectivity index (χ2v) is 18.4. The van der Waals surface area contributed by atoms with Crippen LogP contribution in [0.25, 0.3) is 22.3 Å². The number of alkyl halides is 34. The Hall–Kier alpha value is -4.57. The second kappa shape index (κ2) is 19.8. The molecule has 0 radical (unpaired) electrons. The van der Waals surface area contributed by atoms with Gasteiger partial charge in [0.2, 0.25) is 0 Å². The molecule has 0 saturated carbocycles. The van der Waals surface area contributed by atoms with E-state index in [1.807, 2.05) is 0 Å². The molecule has 0 saturated heterocycles. The molecule has 0 bridgehead atoms. The van der Waals surface area contributed by atoms with Gasteiger partial charge in [0.05, 0.1) is 9.26 Å². The first-order valence-corrected chi connectivity index (χ1v) is 21.5. The van der Waals surface area contributed by atoms with Crippen LogP contribution in [-0.2, 0) is 11.8 Å². The van der Waals surface area contributed by atoms with Gasteiger partial charge < -0.3 is 5.11 Å². The molecule has 0 atom stereocenters. The van der Waals surface area contributed by atoms with Crippen molar-refractivity contribution < 1.29 is 154 Å². The van der Waals surface area contributed by atoms with Crippen LogP contribution < -0.4 is 0 Å². The molecule has 0 heterocycles. The first-order chi connectivity index (χ1) is 34.8. The first kappa shape index (κ1) is 66.9. The Labute approximate surface area is 441 Å². The van der Waals surface area contributed by atoms with Gasteiger partial charge in [-0.15, -0.1) is 0 Å². The molecule has 0 aliphatic heterocycles. The summed E-state index contributed by atoms with van der Waals surface area (Å²) in [6.07, 6.45) is -15.4. The van der Waals surface area contributed by atoms with Crippen molar-refractivity contribution >= 4 is 57.1 Å². The number of phenolic OH excluding ortho intramolecular Hbond substituents is 1. The molecular weight excluding hydrogens is 1420 g/mol. The molecule has 0 aromatic heterocycles. The highest BCUT2D eigenvalue weighted by molar-refractivity contribution is 14.1. The summed E-state index contributed by atoms with van der Waals surface area (Å²) in [5.74, 6) is -119. The molecule has 4 rings (SSSR count). The smallest absolute Gasteiger partial charge is 0.460 e. The predicted octanol–water partition coefficient (Wildman–Crippen LogP) is 18.6. The number of phenols is 1. The zero-order valence-corrected chi connectivity index (χ0v) is 40.4. The van der Waals surface area contributed by atoms with Gasteiger partial charge in [-0.2, -0.15) is 149 Å². The van der Waals surface area contributed by atoms with Crippen LogP contribution in [0.2, 0.25) is 0 Å². The van der Waals surface area contributed by atoms with E-state index in [-0.39, 0.29) is 37.0 Å². The van der Waals surface area contributed by atoms with Gasteiger partial charge in [0.25, 0.3) is 0 Å². The van der Waals surface area contributed by atoms with Crippen molar-refractivity contribution in [3.8, 4) is 28.0 Å². The number of hydrogen-bond donors (Lipinski definition) is 1. The Morgan fingerprint density at radius 2 is 0.608 bits per heavy atom. The van der Waals surface area contributed by atoms with E-state index in [1.165, 1.54) is 28.7 Å². The van der Waals surface area contributed by atoms with E-state index in [1.54, 1.807) is 22.6 Å². The molecule has 0 amide bonds. The molecule has 442 valence electrons. The lowest BCUT2D eigenvalue weighted by Crippen LogP contribution is -2.74. The van der Waals surface area contributed by atoms with Gasteiger partial charge in [-0.25, -0.2) is 0 Å². The fourth-order valence-electron chi connectivity index (χ4n) is 6.38. The Kier molecular flexibility index (Phi) is 16.8. The maximum Gasteiger partial charge on any atom is 0.460 e. The molecule has 38 heteroatoms. The lowest BCUT2D eigenvalue weighted by Gasteiger charge is -2.42. The van der Waals surface area contributed by atoms with Crippen molar-refractivity contribution in [1.29, 1.82) is 0 Å². The minimum atomic E-state index is -8.96. The van der Waals surface area contributed by atoms with E-state index in [2.05, 4.69) is 4.99 Å². The van der Waals surface area contributed by atoms with Gasteiger partial charge in [0.15, 0.2) is 0 Å². The Morgan fingerprint density at radius 3 is 0.886 bits per heavy atom. The molecule has 0 unspecified atom stereocenters. The van der Waals surface area contributed by atoms with E-state index in [0.29, 0.717) is 6.21 Å². The molecule has 0 aliphatic rings. The highest BCUT2D eigenvalue weighted by Crippen LogP contribution is 2.67. The van der Waals surface area contributed by atoms with Gasteiger partial charge >= 0.3 is 95.3 Å². The van der Waals surface area contributed by atoms with Crippen LogP contribution in [0, 0.1) is 7.14 Å². The molecule has 4 aromatic carbocycles. The lowest BCUT2D eigenvalue weighted by molar-refractivity contribution is -0.462. The minimum Gasteiger partial charge on any atom is -0.506 e. The fourth-order valence-corrected chi connectivity index (χ4v) is 8.27. The Bertz CT molecular complexity index is 2760. The van der Waals surface area contributed by atoms with Crippen LogP contribution in [0.5, 0.6) is 5.75 Å². The third-order valence-corrected chi connectivity index (χ3v) is 12.4. The molecule has 4 aromatic rings. The summed E-state index contributed by atoms with van der Waals surface area (Å²) in [4.78, 5) is 3.96. The number of nitrogens with zero attached hydrogens (tertiary/aromatic N) is 1. The van der Waals surface area contributed by atoms with Gasteiger partial charge in [0, 0.05) is 37.6 Å². The minimum absolute atomic E-state index is 0.0288. The van der Waals surface area contributed by atoms with Gasteiger partial charge in [-0.1, -0.05) is 66.7 Å². The average molecular weight is 1440 g/mol. The Balaban J connectivity index is 1.89. The SMILES string of the molecule is Oc1c(I)cc(I)cc1C=Nc1c(-c2ccc(C(F)(F)C(F)(F)C(F)(F)C(F)(F)C(F)(F)C(F)(F)C(F)(F)C(F)(F)F)cc2)cccc1-c1ccc(C(F)(F)C(F)(F)C(F)(F)C(F)(F)C(F)(F)C(F)(F)C(F)(F)C(F)(F)F)cc1. The van der Waals surface area contributed by atoms with Crippen molar-refractivity contribution in [2.45, 2.75) is 95.3 Å². The molecule has 79 heavy (non-hydrogen) atoms. The maximum absolute atomic E-state index is 15.2. The predicted molar refractivity (Wildman–Crippen MR) is 217 cm³/mol. The second-order valence-electron chi connectivity index (χ2n) is 16.0. The number of aliphatic imine (C=N–C) groups is 1. The number of aromatic hydroxyl groups is 1. The van der Waals surface area contributed by atoms with Crippen LogP contribution >= 0.6 is 45.2 Å². The molecule has 0 fully saturated rings. The summed E-state index contributed by atoms with van der Waals surface area (Å²) in [5.41, 5.74) is -9.60. The molecule has 1 N–H and O–H groups in total. The number of hydrogen-bond acceptors (Lipinski definition) is 2. The molecule has 0 aliphatic carbocycles. The summed E-state index contributed by atoms with van der Waals surface area (Å²) in [6, 6.07) is 3.07. The van der Waals surface area contributed by atoms with Crippen molar-refractivity contribution in [2.75, 3.05) is 0 Å². The summed E-state index contributed by atoms with van der Waals surface area (Å²) in [5, 5.41) is 10.6. The normalized spacial score (nSPS) is 15.3. The third kappa shape index (κ3) is 9.71. The standard InChI is InChI=1S/C41H15F34I2NO/c42-26(43,28(46,47)30(50,51)32(54,55)34(58,59)36(62,63)38(66,67)40(70,71)72)18-8-4-15(5-9-18)21-2-1-3-22(24(21)78-14-17-12-20(76)13-23(77)25(17)79)16-6-10-19(11-7-16)27(44,45)29(48,49)31(52,53)33(56,57)35(60,61)37(64,65)39(68,69)41(73,74)75/h1-14,79H. The summed E-state index contributed by atoms with van der Waals surface area (Å²) >= 11 is 3.17. The van der Waals surface area contributed by atoms with Gasteiger partial charge in [-0.3, -0.25) is 4.99 Å². The van der Waals surface area contributed by atoms with Crippen molar-refractivity contribution in [3.05, 3.63) is 103 Å². The highest BCUT2D eigenvalue weighted by atomic mass is 127. The number of para-hydroxylation sites is 1. The van der Waals surface area contributed by atoms with Crippen molar-refractivity contribution in [3.63, 3.8) is 0 Å². The molecule has 2 nitrogen and oxygen atoms in total. The molecular formula is C41H15F34I2NO. The van der Waals surface area contributed by atoms with Crippen molar-refractivity contribution in [2.24, 2.45) is 4.99 Å². The van der Waals surface area contributed by atoms with Gasteiger partial charge in [0.1, 0.15) is 5.75 Å². The Morgan fingerprint density at radius 1 is 0.342 bits per heavy atom. The zero-order chi connectivity index (χ0) is 62.0. The quantitative estimate of drug-likeness (QED) is 0.0601. The largest absolute Gasteiger partial charge is 0.506 e. The first-order valence-electron chi connectivity index (χ1n) is 19.3. The van der Waals surface area contributed by atoms with Crippen LogP contribution in [0.4, 0.5) is 155 Å². The van der Waals surface area contributed by atoms with E-state index < -0.39 is 164 Å². The fraction of sp³-hybridized carbons (Fsp3) is 0.390. The summed E-state index contributed by atoms with van der Waals surface area (Å²) < 4.78 is 475. The highest BCUT2D eigenvalue weighted by Gasteiger charge is 2.97. The monoisotopic (exact) mass is 1440 g/mol. The van der Waals surface area contributed by atoms with E-state index in [4.69, 9.17) is 0 Å². The topological polar surface area (TPSA) is 32.6 Å². The summed E-state index contributed by atoms with van der Waals surface area (Å²) in [6.45, 7) is 0. The van der Waals surface area contributed by atoms with Crippen LogP contribution in [0.1, 0.15) is 16.7 Å². The lowest BCUT2D eigenvalue weighted by atomic mass is 9.86. The van der Waals surface area contributed by atoms with Crippen LogP contribution in [-0.4, -0.2) is 94.7 Å². The summed E-state index contributed by atoms with van der Waals surface area (Å²) in [7, 11) is 0. The number of halogens is 36. The number of rotatable bonds is 18. The number of benzene rings is 4. The molecule has 0 spiro atoms. The van der Waals surface area contributed by atoms with E-state index in [9.17, 15) is 137 Å². The average Bonchev–Trinajstić information content (AvgIpc) is 3.30. The van der Waals surface area contributed by atoms with E-state index >= 15 is 17.6 Å². The van der Waals surface area contributed by atoms with E-state index in [0.717, 1.165) is 24.3 Å². The van der Waals surface area contributed by atoms with Crippen LogP contribution in [0.15, 0.2) is 83.9 Å². The maximum atomic E-state index is 15.2. The zero-order valence-electron chi connectivity index (χ0n) is 36.1. The van der Waals surface area contributed by atoms with Gasteiger partial charge in [-0.05, 0) is 68.4 Å². The van der Waals surface area contributed by atoms with Crippen LogP contribution in [0.3, 0.4) is 0 Å².